The van der Waals surface area contributed by atoms with Crippen LogP contribution in [-0.4, -0.2) is 24.3 Å². The van der Waals surface area contributed by atoms with Crippen LogP contribution in [0.4, 0.5) is 5.69 Å². The Balaban J connectivity index is 1.41. The molecule has 1 saturated heterocycles. The molecule has 28 heavy (non-hydrogen) atoms. The minimum Gasteiger partial charge on any atom is -0.451 e. The first-order valence-electron chi connectivity index (χ1n) is 9.04. The maximum absolute atomic E-state index is 12.4. The van der Waals surface area contributed by atoms with E-state index in [9.17, 15) is 14.4 Å². The van der Waals surface area contributed by atoms with E-state index in [4.69, 9.17) is 4.42 Å². The molecule has 1 fully saturated rings. The van der Waals surface area contributed by atoms with Gasteiger partial charge in [0.2, 0.25) is 5.91 Å². The van der Waals surface area contributed by atoms with Crippen molar-refractivity contribution in [3.8, 4) is 0 Å². The monoisotopic (exact) mass is 377 g/mol. The second-order valence-electron chi connectivity index (χ2n) is 6.66. The summed E-state index contributed by atoms with van der Waals surface area (Å²) in [6, 6.07) is 14.0. The van der Waals surface area contributed by atoms with Crippen LogP contribution < -0.4 is 15.8 Å². The Hall–Kier alpha value is -3.61. The number of benzene rings is 2. The van der Waals surface area contributed by atoms with Gasteiger partial charge in [-0.1, -0.05) is 18.2 Å². The first-order valence-corrected chi connectivity index (χ1v) is 9.04. The third-order valence-electron chi connectivity index (χ3n) is 4.85. The lowest BCUT2D eigenvalue weighted by atomic mass is 10.1. The summed E-state index contributed by atoms with van der Waals surface area (Å²) < 4.78 is 5.58. The van der Waals surface area contributed by atoms with Crippen molar-refractivity contribution >= 4 is 34.4 Å². The average molecular weight is 377 g/mol. The van der Waals surface area contributed by atoms with Crippen LogP contribution in [-0.2, 0) is 4.79 Å². The third-order valence-corrected chi connectivity index (χ3v) is 4.85. The van der Waals surface area contributed by atoms with Crippen LogP contribution in [0.25, 0.3) is 11.0 Å². The van der Waals surface area contributed by atoms with Gasteiger partial charge in [0.15, 0.2) is 5.76 Å². The van der Waals surface area contributed by atoms with Crippen LogP contribution in [0, 0.1) is 6.92 Å². The summed E-state index contributed by atoms with van der Waals surface area (Å²) in [5.41, 5.74) is 7.23. The number of hydrogen-bond acceptors (Lipinski definition) is 4. The molecule has 1 aliphatic heterocycles. The van der Waals surface area contributed by atoms with E-state index in [2.05, 4.69) is 10.9 Å². The number of hydrazine groups is 1. The fraction of sp³-hybridized carbons (Fsp3) is 0.190. The van der Waals surface area contributed by atoms with Crippen LogP contribution in [0.1, 0.15) is 39.3 Å². The fourth-order valence-electron chi connectivity index (χ4n) is 3.35. The fourth-order valence-corrected chi connectivity index (χ4v) is 3.35. The molecule has 2 aromatic carbocycles. The molecule has 7 nitrogen and oxygen atoms in total. The van der Waals surface area contributed by atoms with E-state index in [0.29, 0.717) is 29.7 Å². The predicted molar refractivity (Wildman–Crippen MR) is 104 cm³/mol. The number of furan rings is 1. The molecule has 0 unspecified atom stereocenters. The van der Waals surface area contributed by atoms with Crippen LogP contribution >= 0.6 is 0 Å². The highest BCUT2D eigenvalue weighted by molar-refractivity contribution is 6.01. The molecule has 4 rings (SSSR count). The number of hydrogen-bond donors (Lipinski definition) is 2. The Morgan fingerprint density at radius 2 is 1.71 bits per heavy atom. The highest BCUT2D eigenvalue weighted by Gasteiger charge is 2.22. The molecule has 3 amide bonds. The summed E-state index contributed by atoms with van der Waals surface area (Å²) in [6.45, 7) is 2.48. The summed E-state index contributed by atoms with van der Waals surface area (Å²) in [6.07, 6.45) is 1.39. The Morgan fingerprint density at radius 1 is 1.00 bits per heavy atom. The Morgan fingerprint density at radius 3 is 2.39 bits per heavy atom. The standard InChI is InChI=1S/C21H19N3O4/c1-13-16-5-2-3-6-17(16)28-19(13)21(27)23-22-20(26)14-8-10-15(11-9-14)24-12-4-7-18(24)25/h2-3,5-6,8-11H,4,7,12H2,1H3,(H,22,26)(H,23,27). The number of amides is 3. The van der Waals surface area contributed by atoms with Gasteiger partial charge in [-0.25, -0.2) is 0 Å². The lowest BCUT2D eigenvalue weighted by molar-refractivity contribution is -0.117. The van der Waals surface area contributed by atoms with Crippen molar-refractivity contribution < 1.29 is 18.8 Å². The van der Waals surface area contributed by atoms with E-state index in [1.54, 1.807) is 42.2 Å². The van der Waals surface area contributed by atoms with Gasteiger partial charge in [-0.3, -0.25) is 25.2 Å². The smallest absolute Gasteiger partial charge is 0.305 e. The van der Waals surface area contributed by atoms with Crippen LogP contribution in [0.5, 0.6) is 0 Å². The summed E-state index contributed by atoms with van der Waals surface area (Å²) in [4.78, 5) is 38.2. The molecule has 1 aromatic heterocycles. The highest BCUT2D eigenvalue weighted by atomic mass is 16.3. The maximum atomic E-state index is 12.4. The van der Waals surface area contributed by atoms with Crippen molar-refractivity contribution in [2.75, 3.05) is 11.4 Å². The molecule has 0 aliphatic carbocycles. The molecular weight excluding hydrogens is 358 g/mol. The van der Waals surface area contributed by atoms with E-state index in [1.807, 2.05) is 18.2 Å². The number of anilines is 1. The number of nitrogens with one attached hydrogen (secondary N) is 2. The lowest BCUT2D eigenvalue weighted by Crippen LogP contribution is -2.41. The number of carbonyl (C=O) groups excluding carboxylic acids is 3. The van der Waals surface area contributed by atoms with Crippen molar-refractivity contribution in [1.29, 1.82) is 0 Å². The van der Waals surface area contributed by atoms with Crippen molar-refractivity contribution in [1.82, 2.24) is 10.9 Å². The van der Waals surface area contributed by atoms with E-state index < -0.39 is 11.8 Å². The number of carbonyl (C=O) groups is 3. The topological polar surface area (TPSA) is 91.7 Å². The average Bonchev–Trinajstić information content (AvgIpc) is 3.29. The van der Waals surface area contributed by atoms with Gasteiger partial charge in [-0.2, -0.15) is 0 Å². The number of rotatable bonds is 3. The van der Waals surface area contributed by atoms with E-state index in [0.717, 1.165) is 17.5 Å². The predicted octanol–water partition coefficient (Wildman–Crippen LogP) is 2.94. The molecular formula is C21H19N3O4. The van der Waals surface area contributed by atoms with E-state index >= 15 is 0 Å². The molecule has 0 spiro atoms. The summed E-state index contributed by atoms with van der Waals surface area (Å²) in [5.74, 6) is -0.738. The van der Waals surface area contributed by atoms with Gasteiger partial charge in [0.1, 0.15) is 5.58 Å². The largest absolute Gasteiger partial charge is 0.451 e. The number of fused-ring (bicyclic) bond motifs is 1. The summed E-state index contributed by atoms with van der Waals surface area (Å²) in [7, 11) is 0. The van der Waals surface area contributed by atoms with Crippen LogP contribution in [0.3, 0.4) is 0 Å². The maximum Gasteiger partial charge on any atom is 0.305 e. The first-order chi connectivity index (χ1) is 13.5. The minimum absolute atomic E-state index is 0.0886. The van der Waals surface area contributed by atoms with Crippen molar-refractivity contribution in [2.24, 2.45) is 0 Å². The zero-order valence-electron chi connectivity index (χ0n) is 15.3. The van der Waals surface area contributed by atoms with Gasteiger partial charge < -0.3 is 9.32 Å². The zero-order valence-corrected chi connectivity index (χ0v) is 15.3. The molecule has 2 N–H and O–H groups in total. The van der Waals surface area contributed by atoms with Gasteiger partial charge in [0.25, 0.3) is 5.91 Å². The molecule has 0 saturated carbocycles. The van der Waals surface area contributed by atoms with Crippen LogP contribution in [0.2, 0.25) is 0 Å². The molecule has 2 heterocycles. The second kappa shape index (κ2) is 7.19. The molecule has 1 aliphatic rings. The van der Waals surface area contributed by atoms with Gasteiger partial charge in [-0.15, -0.1) is 0 Å². The van der Waals surface area contributed by atoms with Gasteiger partial charge in [0, 0.05) is 35.2 Å². The number of para-hydroxylation sites is 1. The summed E-state index contributed by atoms with van der Waals surface area (Å²) in [5, 5.41) is 0.853. The van der Waals surface area contributed by atoms with Gasteiger partial charge in [-0.05, 0) is 43.7 Å². The number of nitrogens with zero attached hydrogens (tertiary/aromatic N) is 1. The van der Waals surface area contributed by atoms with Crippen molar-refractivity contribution in [3.63, 3.8) is 0 Å². The van der Waals surface area contributed by atoms with Crippen molar-refractivity contribution in [3.05, 3.63) is 65.4 Å². The number of aryl methyl sites for hydroxylation is 1. The SMILES string of the molecule is Cc1c(C(=O)NNC(=O)c2ccc(N3CCCC3=O)cc2)oc2ccccc12. The third kappa shape index (κ3) is 3.22. The van der Waals surface area contributed by atoms with E-state index in [1.165, 1.54) is 0 Å². The zero-order chi connectivity index (χ0) is 19.7. The van der Waals surface area contributed by atoms with Gasteiger partial charge in [0.05, 0.1) is 0 Å². The Labute approximate surface area is 161 Å². The molecule has 0 atom stereocenters. The molecule has 3 aromatic rings. The summed E-state index contributed by atoms with van der Waals surface area (Å²) >= 11 is 0. The first kappa shape index (κ1) is 17.8. The van der Waals surface area contributed by atoms with Gasteiger partial charge >= 0.3 is 5.91 Å². The molecule has 7 heteroatoms. The molecule has 0 bridgehead atoms. The normalized spacial score (nSPS) is 13.8. The second-order valence-corrected chi connectivity index (χ2v) is 6.66. The van der Waals surface area contributed by atoms with Crippen molar-refractivity contribution in [2.45, 2.75) is 19.8 Å². The Kier molecular flexibility index (Phi) is 4.57. The molecule has 0 radical (unpaired) electrons. The van der Waals surface area contributed by atoms with Crippen LogP contribution in [0.15, 0.2) is 52.9 Å². The quantitative estimate of drug-likeness (QED) is 0.687. The highest BCUT2D eigenvalue weighted by Crippen LogP contribution is 2.24. The Bertz CT molecular complexity index is 1070. The molecule has 142 valence electrons. The lowest BCUT2D eigenvalue weighted by Gasteiger charge is -2.15. The van der Waals surface area contributed by atoms with E-state index in [-0.39, 0.29) is 11.7 Å². The minimum atomic E-state index is -0.527.